The summed E-state index contributed by atoms with van der Waals surface area (Å²) < 4.78 is 12.7. The summed E-state index contributed by atoms with van der Waals surface area (Å²) in [6.07, 6.45) is 55.6. The molecular weight excluding hydrogens is 552 g/mol. The summed E-state index contributed by atoms with van der Waals surface area (Å²) in [5.41, 5.74) is 0. The highest BCUT2D eigenvalue weighted by atomic mass is 16.7. The summed E-state index contributed by atoms with van der Waals surface area (Å²) in [6.45, 7) is 5.30. The van der Waals surface area contributed by atoms with Crippen molar-refractivity contribution in [2.24, 2.45) is 0 Å². The first kappa shape index (κ1) is 41.3. The van der Waals surface area contributed by atoms with Gasteiger partial charge in [-0.15, -0.1) is 0 Å². The number of hydrogen-bond donors (Lipinski definition) is 1. The number of aliphatic hydroxyl groups excluding tert-OH is 1. The third kappa shape index (κ3) is 26.1. The molecule has 1 heterocycles. The number of aliphatic hydroxyl groups is 1. The molecule has 0 aromatic rings. The van der Waals surface area contributed by atoms with E-state index in [1.54, 1.807) is 0 Å². The first-order valence-electron chi connectivity index (χ1n) is 19.1. The average Bonchev–Trinajstić information content (AvgIpc) is 3.45. The van der Waals surface area contributed by atoms with Gasteiger partial charge in [0.2, 0.25) is 0 Å². The Balaban J connectivity index is 2.14. The zero-order chi connectivity index (χ0) is 32.4. The van der Waals surface area contributed by atoms with Gasteiger partial charge in [0.05, 0.1) is 12.7 Å². The molecule has 1 saturated heterocycles. The Morgan fingerprint density at radius 3 is 1.31 bits per heavy atom. The summed E-state index contributed by atoms with van der Waals surface area (Å²) in [6, 6.07) is 0. The topological polar surface area (TPSA) is 38.7 Å². The van der Waals surface area contributed by atoms with Crippen molar-refractivity contribution < 1.29 is 14.6 Å². The molecule has 0 spiro atoms. The monoisotopic (exact) mass is 625 g/mol. The van der Waals surface area contributed by atoms with Crippen LogP contribution in [0.3, 0.4) is 0 Å². The molecule has 1 fully saturated rings. The molecule has 0 aliphatic carbocycles. The SMILES string of the molecule is CCCCC/C=C\C/C=C\C/C=C\CCCCCCC1(CCCCC/C=C\C/C=C\C/C=C\CCCCC)OCC(CCO)O1. The van der Waals surface area contributed by atoms with E-state index >= 15 is 0 Å². The zero-order valence-electron chi connectivity index (χ0n) is 29.7. The zero-order valence-corrected chi connectivity index (χ0v) is 29.7. The Hall–Kier alpha value is -1.68. The Morgan fingerprint density at radius 2 is 0.889 bits per heavy atom. The lowest BCUT2D eigenvalue weighted by molar-refractivity contribution is -0.180. The molecule has 1 rings (SSSR count). The van der Waals surface area contributed by atoms with Gasteiger partial charge in [0.15, 0.2) is 5.79 Å². The summed E-state index contributed by atoms with van der Waals surface area (Å²) in [4.78, 5) is 0. The minimum atomic E-state index is -0.429. The lowest BCUT2D eigenvalue weighted by atomic mass is 9.99. The van der Waals surface area contributed by atoms with Gasteiger partial charge >= 0.3 is 0 Å². The quantitative estimate of drug-likeness (QED) is 0.0616. The molecule has 0 radical (unpaired) electrons. The first-order valence-corrected chi connectivity index (χ1v) is 19.1. The van der Waals surface area contributed by atoms with Gasteiger partial charge in [0, 0.05) is 19.4 Å². The van der Waals surface area contributed by atoms with Crippen molar-refractivity contribution in [3.8, 4) is 0 Å². The van der Waals surface area contributed by atoms with Crippen molar-refractivity contribution in [1.82, 2.24) is 0 Å². The van der Waals surface area contributed by atoms with Crippen molar-refractivity contribution in [2.75, 3.05) is 13.2 Å². The molecule has 2 atom stereocenters. The van der Waals surface area contributed by atoms with Crippen LogP contribution in [-0.2, 0) is 9.47 Å². The van der Waals surface area contributed by atoms with Crippen LogP contribution in [0.2, 0.25) is 0 Å². The Labute approximate surface area is 280 Å². The minimum Gasteiger partial charge on any atom is -0.396 e. The number of ether oxygens (including phenoxy) is 2. The van der Waals surface area contributed by atoms with E-state index in [4.69, 9.17) is 9.47 Å². The highest BCUT2D eigenvalue weighted by molar-refractivity contribution is 4.98. The lowest BCUT2D eigenvalue weighted by Gasteiger charge is -2.28. The standard InChI is InChI=1S/C42H72O3/c1-3-5-7-9-11-13-15-17-19-21-23-25-27-29-31-33-35-38-42(44-40-41(45-42)36-39-43)37-34-32-30-28-26-24-22-20-18-16-14-12-10-8-6-4-2/h11-14,17-20,23-26,41,43H,3-10,15-16,21-22,27-40H2,1-2H3/b13-11-,14-12-,19-17-,20-18-,25-23-,26-24-. The minimum absolute atomic E-state index is 0.0449. The van der Waals surface area contributed by atoms with E-state index in [1.807, 2.05) is 0 Å². The highest BCUT2D eigenvalue weighted by Crippen LogP contribution is 2.35. The van der Waals surface area contributed by atoms with Crippen molar-refractivity contribution >= 4 is 0 Å². The molecule has 0 aromatic carbocycles. The van der Waals surface area contributed by atoms with Crippen LogP contribution in [0.4, 0.5) is 0 Å². The molecule has 1 aliphatic rings. The van der Waals surface area contributed by atoms with Crippen LogP contribution in [0.5, 0.6) is 0 Å². The first-order chi connectivity index (χ1) is 22.3. The molecule has 258 valence electrons. The Bertz CT molecular complexity index is 805. The van der Waals surface area contributed by atoms with Crippen LogP contribution in [0.15, 0.2) is 72.9 Å². The van der Waals surface area contributed by atoms with E-state index in [1.165, 1.54) is 89.9 Å². The van der Waals surface area contributed by atoms with E-state index in [9.17, 15) is 5.11 Å². The van der Waals surface area contributed by atoms with E-state index < -0.39 is 5.79 Å². The fraction of sp³-hybridized carbons (Fsp3) is 0.714. The van der Waals surface area contributed by atoms with Gasteiger partial charge in [-0.25, -0.2) is 0 Å². The van der Waals surface area contributed by atoms with Crippen LogP contribution >= 0.6 is 0 Å². The predicted molar refractivity (Wildman–Crippen MR) is 198 cm³/mol. The number of unbranched alkanes of at least 4 members (excludes halogenated alkanes) is 13. The largest absolute Gasteiger partial charge is 0.396 e. The summed E-state index contributed by atoms with van der Waals surface area (Å²) in [5, 5.41) is 9.39. The summed E-state index contributed by atoms with van der Waals surface area (Å²) >= 11 is 0. The number of allylic oxidation sites excluding steroid dienone is 12. The average molecular weight is 625 g/mol. The summed E-state index contributed by atoms with van der Waals surface area (Å²) in [7, 11) is 0. The third-order valence-electron chi connectivity index (χ3n) is 8.51. The van der Waals surface area contributed by atoms with Crippen molar-refractivity contribution in [3.63, 3.8) is 0 Å². The van der Waals surface area contributed by atoms with Crippen LogP contribution < -0.4 is 0 Å². The van der Waals surface area contributed by atoms with E-state index in [-0.39, 0.29) is 12.7 Å². The van der Waals surface area contributed by atoms with Gasteiger partial charge in [-0.1, -0.05) is 132 Å². The maximum Gasteiger partial charge on any atom is 0.168 e. The molecule has 1 aliphatic heterocycles. The Kier molecular flexibility index (Phi) is 29.6. The van der Waals surface area contributed by atoms with E-state index in [0.717, 1.165) is 57.8 Å². The molecule has 1 N–H and O–H groups in total. The third-order valence-corrected chi connectivity index (χ3v) is 8.51. The fourth-order valence-corrected chi connectivity index (χ4v) is 5.71. The van der Waals surface area contributed by atoms with Gasteiger partial charge in [-0.2, -0.15) is 0 Å². The molecule has 0 aromatic heterocycles. The lowest BCUT2D eigenvalue weighted by Crippen LogP contribution is -2.31. The summed E-state index contributed by atoms with van der Waals surface area (Å²) in [5.74, 6) is -0.429. The predicted octanol–water partition coefficient (Wildman–Crippen LogP) is 12.8. The van der Waals surface area contributed by atoms with Gasteiger partial charge < -0.3 is 14.6 Å². The second kappa shape index (κ2) is 32.3. The van der Waals surface area contributed by atoms with Crippen molar-refractivity contribution in [3.05, 3.63) is 72.9 Å². The molecule has 0 bridgehead atoms. The van der Waals surface area contributed by atoms with Gasteiger partial charge in [-0.05, 0) is 96.3 Å². The molecule has 2 unspecified atom stereocenters. The maximum atomic E-state index is 9.39. The van der Waals surface area contributed by atoms with Gasteiger partial charge in [0.1, 0.15) is 0 Å². The molecule has 3 nitrogen and oxygen atoms in total. The van der Waals surface area contributed by atoms with Crippen LogP contribution in [-0.4, -0.2) is 30.2 Å². The van der Waals surface area contributed by atoms with Gasteiger partial charge in [-0.3, -0.25) is 0 Å². The van der Waals surface area contributed by atoms with Crippen molar-refractivity contribution in [1.29, 1.82) is 0 Å². The molecule has 0 amide bonds. The number of hydrogen-bond acceptors (Lipinski definition) is 3. The normalized spacial score (nSPS) is 19.4. The molecular formula is C42H72O3. The Morgan fingerprint density at radius 1 is 0.511 bits per heavy atom. The highest BCUT2D eigenvalue weighted by Gasteiger charge is 2.40. The maximum absolute atomic E-state index is 9.39. The van der Waals surface area contributed by atoms with Crippen molar-refractivity contribution in [2.45, 2.75) is 180 Å². The molecule has 0 saturated carbocycles. The van der Waals surface area contributed by atoms with E-state index in [0.29, 0.717) is 13.0 Å². The molecule has 45 heavy (non-hydrogen) atoms. The van der Waals surface area contributed by atoms with Crippen LogP contribution in [0.1, 0.15) is 168 Å². The van der Waals surface area contributed by atoms with Crippen LogP contribution in [0, 0.1) is 0 Å². The number of rotatable bonds is 31. The smallest absolute Gasteiger partial charge is 0.168 e. The fourth-order valence-electron chi connectivity index (χ4n) is 5.71. The molecule has 3 heteroatoms. The second-order valence-electron chi connectivity index (χ2n) is 12.8. The van der Waals surface area contributed by atoms with Gasteiger partial charge in [0.25, 0.3) is 0 Å². The van der Waals surface area contributed by atoms with E-state index in [2.05, 4.69) is 86.8 Å². The second-order valence-corrected chi connectivity index (χ2v) is 12.8. The van der Waals surface area contributed by atoms with Crippen LogP contribution in [0.25, 0.3) is 0 Å².